The van der Waals surface area contributed by atoms with Gasteiger partial charge >= 0.3 is 12.1 Å². The summed E-state index contributed by atoms with van der Waals surface area (Å²) in [6.45, 7) is 0. The SMILES string of the molecule is COC(=O)c1cc(N)c(C(F)(F)F)cc1OC. The number of halogens is 3. The van der Waals surface area contributed by atoms with Gasteiger partial charge in [0.15, 0.2) is 0 Å². The third-order valence-corrected chi connectivity index (χ3v) is 2.08. The van der Waals surface area contributed by atoms with Crippen LogP contribution in [-0.4, -0.2) is 20.2 Å². The largest absolute Gasteiger partial charge is 0.496 e. The zero-order chi connectivity index (χ0) is 13.2. The Morgan fingerprint density at radius 3 is 2.29 bits per heavy atom. The Morgan fingerprint density at radius 2 is 1.88 bits per heavy atom. The molecule has 1 aromatic rings. The average Bonchev–Trinajstić information content (AvgIpc) is 2.26. The monoisotopic (exact) mass is 249 g/mol. The quantitative estimate of drug-likeness (QED) is 0.644. The van der Waals surface area contributed by atoms with Crippen LogP contribution in [0, 0.1) is 0 Å². The van der Waals surface area contributed by atoms with Crippen LogP contribution in [0.1, 0.15) is 15.9 Å². The van der Waals surface area contributed by atoms with Gasteiger partial charge in [0.05, 0.1) is 19.8 Å². The van der Waals surface area contributed by atoms with Gasteiger partial charge in [0, 0.05) is 5.69 Å². The Hall–Kier alpha value is -1.92. The van der Waals surface area contributed by atoms with Gasteiger partial charge in [-0.25, -0.2) is 4.79 Å². The van der Waals surface area contributed by atoms with Gasteiger partial charge in [-0.05, 0) is 12.1 Å². The lowest BCUT2D eigenvalue weighted by molar-refractivity contribution is -0.137. The summed E-state index contributed by atoms with van der Waals surface area (Å²) >= 11 is 0. The number of methoxy groups -OCH3 is 2. The number of benzene rings is 1. The molecule has 0 radical (unpaired) electrons. The van der Waals surface area contributed by atoms with Crippen molar-refractivity contribution >= 4 is 11.7 Å². The number of alkyl halides is 3. The molecule has 0 saturated heterocycles. The Balaban J connectivity index is 3.40. The highest BCUT2D eigenvalue weighted by Crippen LogP contribution is 2.37. The number of carbonyl (C=O) groups is 1. The van der Waals surface area contributed by atoms with E-state index in [2.05, 4.69) is 4.74 Å². The smallest absolute Gasteiger partial charge is 0.418 e. The second kappa shape index (κ2) is 4.52. The van der Waals surface area contributed by atoms with E-state index in [4.69, 9.17) is 10.5 Å². The molecule has 0 aromatic heterocycles. The minimum atomic E-state index is -4.61. The normalized spacial score (nSPS) is 11.1. The zero-order valence-electron chi connectivity index (χ0n) is 9.09. The molecule has 0 spiro atoms. The molecule has 2 N–H and O–H groups in total. The Labute approximate surface area is 95.1 Å². The fraction of sp³-hybridized carbons (Fsp3) is 0.300. The van der Waals surface area contributed by atoms with Crippen LogP contribution < -0.4 is 10.5 Å². The van der Waals surface area contributed by atoms with Gasteiger partial charge < -0.3 is 15.2 Å². The molecule has 0 amide bonds. The molecule has 0 heterocycles. The molecule has 0 fully saturated rings. The minimum absolute atomic E-state index is 0.152. The van der Waals surface area contributed by atoms with Gasteiger partial charge in [0.1, 0.15) is 11.3 Å². The van der Waals surface area contributed by atoms with E-state index in [1.165, 1.54) is 0 Å². The van der Waals surface area contributed by atoms with E-state index in [1.54, 1.807) is 0 Å². The van der Waals surface area contributed by atoms with Crippen LogP contribution in [0.5, 0.6) is 5.75 Å². The summed E-state index contributed by atoms with van der Waals surface area (Å²) in [6.07, 6.45) is -4.61. The third kappa shape index (κ3) is 2.61. The van der Waals surface area contributed by atoms with Gasteiger partial charge in [0.2, 0.25) is 0 Å². The van der Waals surface area contributed by atoms with Crippen LogP contribution in [0.3, 0.4) is 0 Å². The molecule has 17 heavy (non-hydrogen) atoms. The Bertz CT molecular complexity index is 443. The predicted octanol–water partition coefficient (Wildman–Crippen LogP) is 2.08. The highest BCUT2D eigenvalue weighted by Gasteiger charge is 2.34. The van der Waals surface area contributed by atoms with E-state index in [9.17, 15) is 18.0 Å². The molecular formula is C10H10F3NO3. The summed E-state index contributed by atoms with van der Waals surface area (Å²) < 4.78 is 46.7. The number of hydrogen-bond donors (Lipinski definition) is 1. The number of anilines is 1. The van der Waals surface area contributed by atoms with Crippen LogP contribution in [0.15, 0.2) is 12.1 Å². The number of nitrogens with two attached hydrogens (primary N) is 1. The fourth-order valence-electron chi connectivity index (χ4n) is 1.28. The number of rotatable bonds is 2. The van der Waals surface area contributed by atoms with Crippen molar-refractivity contribution in [3.05, 3.63) is 23.3 Å². The van der Waals surface area contributed by atoms with Gasteiger partial charge in [-0.2, -0.15) is 13.2 Å². The Kier molecular flexibility index (Phi) is 3.50. The standard InChI is InChI=1S/C10H10F3NO3/c1-16-8-4-6(10(11,12)13)7(14)3-5(8)9(15)17-2/h3-4H,14H2,1-2H3. The maximum absolute atomic E-state index is 12.5. The van der Waals surface area contributed by atoms with Crippen LogP contribution in [-0.2, 0) is 10.9 Å². The van der Waals surface area contributed by atoms with Crippen molar-refractivity contribution in [2.75, 3.05) is 20.0 Å². The maximum Gasteiger partial charge on any atom is 0.418 e. The predicted molar refractivity (Wildman–Crippen MR) is 53.7 cm³/mol. The van der Waals surface area contributed by atoms with E-state index in [0.717, 1.165) is 20.3 Å². The maximum atomic E-state index is 12.5. The van der Waals surface area contributed by atoms with Crippen molar-refractivity contribution in [2.45, 2.75) is 6.18 Å². The molecule has 0 aliphatic carbocycles. The lowest BCUT2D eigenvalue weighted by Crippen LogP contribution is -2.12. The molecule has 1 aromatic carbocycles. The second-order valence-electron chi connectivity index (χ2n) is 3.13. The topological polar surface area (TPSA) is 61.5 Å². The van der Waals surface area contributed by atoms with Crippen molar-refractivity contribution < 1.29 is 27.4 Å². The average molecular weight is 249 g/mol. The molecule has 0 unspecified atom stereocenters. The number of carbonyl (C=O) groups excluding carboxylic acids is 1. The van der Waals surface area contributed by atoms with Gasteiger partial charge in [-0.15, -0.1) is 0 Å². The molecular weight excluding hydrogens is 239 g/mol. The molecule has 0 aliphatic rings. The molecule has 0 atom stereocenters. The number of nitrogen functional groups attached to an aromatic ring is 1. The van der Waals surface area contributed by atoms with Crippen molar-refractivity contribution in [3.63, 3.8) is 0 Å². The highest BCUT2D eigenvalue weighted by atomic mass is 19.4. The molecule has 94 valence electrons. The third-order valence-electron chi connectivity index (χ3n) is 2.08. The highest BCUT2D eigenvalue weighted by molar-refractivity contribution is 5.94. The van der Waals surface area contributed by atoms with Crippen molar-refractivity contribution in [1.29, 1.82) is 0 Å². The minimum Gasteiger partial charge on any atom is -0.496 e. The van der Waals surface area contributed by atoms with Crippen LogP contribution in [0.4, 0.5) is 18.9 Å². The first-order chi connectivity index (χ1) is 7.81. The van der Waals surface area contributed by atoms with Crippen molar-refractivity contribution in [1.82, 2.24) is 0 Å². The van der Waals surface area contributed by atoms with Crippen LogP contribution in [0.2, 0.25) is 0 Å². The van der Waals surface area contributed by atoms with Gasteiger partial charge in [-0.1, -0.05) is 0 Å². The van der Waals surface area contributed by atoms with Gasteiger partial charge in [-0.3, -0.25) is 0 Å². The number of ether oxygens (including phenoxy) is 2. The summed E-state index contributed by atoms with van der Waals surface area (Å²) in [7, 11) is 2.26. The van der Waals surface area contributed by atoms with E-state index in [0.29, 0.717) is 6.07 Å². The summed E-state index contributed by atoms with van der Waals surface area (Å²) in [5, 5.41) is 0. The van der Waals surface area contributed by atoms with E-state index in [1.807, 2.05) is 0 Å². The first kappa shape index (κ1) is 13.1. The fourth-order valence-corrected chi connectivity index (χ4v) is 1.28. The number of hydrogen-bond acceptors (Lipinski definition) is 4. The van der Waals surface area contributed by atoms with Gasteiger partial charge in [0.25, 0.3) is 0 Å². The molecule has 7 heteroatoms. The molecule has 0 saturated carbocycles. The lowest BCUT2D eigenvalue weighted by Gasteiger charge is -2.14. The second-order valence-corrected chi connectivity index (χ2v) is 3.13. The van der Waals surface area contributed by atoms with E-state index in [-0.39, 0.29) is 11.3 Å². The van der Waals surface area contributed by atoms with Crippen LogP contribution >= 0.6 is 0 Å². The first-order valence-corrected chi connectivity index (χ1v) is 4.44. The number of esters is 1. The Morgan fingerprint density at radius 1 is 1.29 bits per heavy atom. The lowest BCUT2D eigenvalue weighted by atomic mass is 10.1. The van der Waals surface area contributed by atoms with E-state index >= 15 is 0 Å². The summed E-state index contributed by atoms with van der Waals surface area (Å²) in [5.41, 5.74) is 3.48. The first-order valence-electron chi connectivity index (χ1n) is 4.44. The van der Waals surface area contributed by atoms with Crippen LogP contribution in [0.25, 0.3) is 0 Å². The summed E-state index contributed by atoms with van der Waals surface area (Å²) in [6, 6.07) is 1.55. The summed E-state index contributed by atoms with van der Waals surface area (Å²) in [4.78, 5) is 11.3. The van der Waals surface area contributed by atoms with Crippen molar-refractivity contribution in [2.24, 2.45) is 0 Å². The summed E-state index contributed by atoms with van der Waals surface area (Å²) in [5.74, 6) is -1.05. The van der Waals surface area contributed by atoms with Crippen molar-refractivity contribution in [3.8, 4) is 5.75 Å². The molecule has 1 rings (SSSR count). The molecule has 4 nitrogen and oxygen atoms in total. The molecule has 0 bridgehead atoms. The van der Waals surface area contributed by atoms with E-state index < -0.39 is 23.4 Å². The zero-order valence-corrected chi connectivity index (χ0v) is 9.09. The molecule has 0 aliphatic heterocycles.